The SMILES string of the molecule is C=CCOc1c(C)cccc1C(=O)N(CC)CC. The number of aryl methyl sites for hydroxylation is 1. The summed E-state index contributed by atoms with van der Waals surface area (Å²) in [6.07, 6.45) is 1.68. The molecule has 0 saturated carbocycles. The van der Waals surface area contributed by atoms with Gasteiger partial charge >= 0.3 is 0 Å². The highest BCUT2D eigenvalue weighted by Gasteiger charge is 2.18. The smallest absolute Gasteiger partial charge is 0.257 e. The van der Waals surface area contributed by atoms with Crippen molar-refractivity contribution in [2.24, 2.45) is 0 Å². The van der Waals surface area contributed by atoms with Gasteiger partial charge in [-0.25, -0.2) is 0 Å². The molecule has 0 heterocycles. The van der Waals surface area contributed by atoms with Crippen LogP contribution in [0.5, 0.6) is 5.75 Å². The van der Waals surface area contributed by atoms with E-state index in [1.807, 2.05) is 39.0 Å². The molecule has 0 aromatic heterocycles. The molecule has 0 bridgehead atoms. The molecule has 1 aromatic rings. The van der Waals surface area contributed by atoms with Crippen molar-refractivity contribution in [2.45, 2.75) is 20.8 Å². The number of carbonyl (C=O) groups excluding carboxylic acids is 1. The molecule has 1 aromatic carbocycles. The van der Waals surface area contributed by atoms with Crippen molar-refractivity contribution in [3.05, 3.63) is 42.0 Å². The number of amides is 1. The zero-order valence-electron chi connectivity index (χ0n) is 11.4. The standard InChI is InChI=1S/C15H21NO2/c1-5-11-18-14-12(4)9-8-10-13(14)15(17)16(6-2)7-3/h5,8-10H,1,6-7,11H2,2-4H3. The molecule has 0 unspecified atom stereocenters. The molecule has 98 valence electrons. The van der Waals surface area contributed by atoms with Gasteiger partial charge in [0.2, 0.25) is 0 Å². The van der Waals surface area contributed by atoms with E-state index >= 15 is 0 Å². The summed E-state index contributed by atoms with van der Waals surface area (Å²) in [4.78, 5) is 14.2. The van der Waals surface area contributed by atoms with E-state index in [4.69, 9.17) is 4.74 Å². The Hall–Kier alpha value is -1.77. The van der Waals surface area contributed by atoms with Crippen LogP contribution in [0.1, 0.15) is 29.8 Å². The Kier molecular flexibility index (Phi) is 5.43. The van der Waals surface area contributed by atoms with Crippen molar-refractivity contribution in [2.75, 3.05) is 19.7 Å². The Bertz CT molecular complexity index is 423. The molecular weight excluding hydrogens is 226 g/mol. The Morgan fingerprint density at radius 1 is 1.39 bits per heavy atom. The van der Waals surface area contributed by atoms with Crippen molar-refractivity contribution in [1.82, 2.24) is 4.90 Å². The molecule has 0 aliphatic rings. The van der Waals surface area contributed by atoms with E-state index in [1.54, 1.807) is 11.0 Å². The van der Waals surface area contributed by atoms with Crippen LogP contribution >= 0.6 is 0 Å². The van der Waals surface area contributed by atoms with Gasteiger partial charge in [0.1, 0.15) is 12.4 Å². The molecule has 0 spiro atoms. The van der Waals surface area contributed by atoms with E-state index < -0.39 is 0 Å². The second kappa shape index (κ2) is 6.84. The third-order valence-electron chi connectivity index (χ3n) is 2.84. The number of carbonyl (C=O) groups is 1. The summed E-state index contributed by atoms with van der Waals surface area (Å²) in [5.41, 5.74) is 1.59. The maximum atomic E-state index is 12.4. The lowest BCUT2D eigenvalue weighted by Crippen LogP contribution is -2.30. The molecule has 0 saturated heterocycles. The lowest BCUT2D eigenvalue weighted by atomic mass is 10.1. The summed E-state index contributed by atoms with van der Waals surface area (Å²) in [6.45, 7) is 11.3. The van der Waals surface area contributed by atoms with E-state index in [2.05, 4.69) is 6.58 Å². The quantitative estimate of drug-likeness (QED) is 0.723. The van der Waals surface area contributed by atoms with Crippen LogP contribution in [0.3, 0.4) is 0 Å². The summed E-state index contributed by atoms with van der Waals surface area (Å²) in [6, 6.07) is 5.64. The molecule has 1 amide bonds. The summed E-state index contributed by atoms with van der Waals surface area (Å²) in [5.74, 6) is 0.678. The Morgan fingerprint density at radius 3 is 2.61 bits per heavy atom. The average molecular weight is 247 g/mol. The van der Waals surface area contributed by atoms with Gasteiger partial charge in [0.15, 0.2) is 0 Å². The topological polar surface area (TPSA) is 29.5 Å². The van der Waals surface area contributed by atoms with Gasteiger partial charge in [-0.15, -0.1) is 0 Å². The van der Waals surface area contributed by atoms with Crippen LogP contribution in [-0.4, -0.2) is 30.5 Å². The fraction of sp³-hybridized carbons (Fsp3) is 0.400. The molecule has 0 atom stereocenters. The van der Waals surface area contributed by atoms with Gasteiger partial charge in [0.25, 0.3) is 5.91 Å². The molecule has 0 aliphatic heterocycles. The Morgan fingerprint density at radius 2 is 2.06 bits per heavy atom. The van der Waals surface area contributed by atoms with Gasteiger partial charge in [-0.2, -0.15) is 0 Å². The van der Waals surface area contributed by atoms with Crippen molar-refractivity contribution in [1.29, 1.82) is 0 Å². The number of hydrogen-bond donors (Lipinski definition) is 0. The van der Waals surface area contributed by atoms with Crippen molar-refractivity contribution in [3.8, 4) is 5.75 Å². The average Bonchev–Trinajstić information content (AvgIpc) is 2.38. The first-order valence-corrected chi connectivity index (χ1v) is 6.28. The first-order chi connectivity index (χ1) is 8.65. The minimum absolute atomic E-state index is 0.0164. The van der Waals surface area contributed by atoms with Crippen LogP contribution < -0.4 is 4.74 Å². The zero-order valence-corrected chi connectivity index (χ0v) is 11.4. The van der Waals surface area contributed by atoms with Crippen LogP contribution in [0.25, 0.3) is 0 Å². The van der Waals surface area contributed by atoms with Gasteiger partial charge in [-0.05, 0) is 32.4 Å². The molecule has 18 heavy (non-hydrogen) atoms. The van der Waals surface area contributed by atoms with E-state index in [0.29, 0.717) is 31.0 Å². The monoisotopic (exact) mass is 247 g/mol. The maximum absolute atomic E-state index is 12.4. The predicted octanol–water partition coefficient (Wildman–Crippen LogP) is 3.04. The molecule has 0 radical (unpaired) electrons. The normalized spacial score (nSPS) is 9.94. The number of para-hydroxylation sites is 1. The van der Waals surface area contributed by atoms with Crippen LogP contribution in [-0.2, 0) is 0 Å². The first-order valence-electron chi connectivity index (χ1n) is 6.28. The van der Waals surface area contributed by atoms with E-state index in [9.17, 15) is 4.79 Å². The van der Waals surface area contributed by atoms with Gasteiger partial charge in [-0.1, -0.05) is 24.8 Å². The Labute approximate surface area is 109 Å². The maximum Gasteiger partial charge on any atom is 0.257 e. The summed E-state index contributed by atoms with van der Waals surface area (Å²) < 4.78 is 5.61. The first kappa shape index (κ1) is 14.3. The number of nitrogens with zero attached hydrogens (tertiary/aromatic N) is 1. The minimum Gasteiger partial charge on any atom is -0.488 e. The van der Waals surface area contributed by atoms with Gasteiger partial charge in [-0.3, -0.25) is 4.79 Å². The fourth-order valence-corrected chi connectivity index (χ4v) is 1.84. The summed E-state index contributed by atoms with van der Waals surface area (Å²) in [5, 5.41) is 0. The number of benzene rings is 1. The highest BCUT2D eigenvalue weighted by atomic mass is 16.5. The molecule has 3 nitrogen and oxygen atoms in total. The second-order valence-corrected chi connectivity index (χ2v) is 4.03. The molecule has 3 heteroatoms. The predicted molar refractivity (Wildman–Crippen MR) is 74.1 cm³/mol. The number of ether oxygens (including phenoxy) is 1. The van der Waals surface area contributed by atoms with Gasteiger partial charge in [0, 0.05) is 13.1 Å². The van der Waals surface area contributed by atoms with Crippen LogP contribution in [0.15, 0.2) is 30.9 Å². The molecule has 0 N–H and O–H groups in total. The molecule has 1 rings (SSSR count). The summed E-state index contributed by atoms with van der Waals surface area (Å²) in [7, 11) is 0. The largest absolute Gasteiger partial charge is 0.488 e. The fourth-order valence-electron chi connectivity index (χ4n) is 1.84. The third kappa shape index (κ3) is 3.13. The molecular formula is C15H21NO2. The number of rotatable bonds is 6. The van der Waals surface area contributed by atoms with Gasteiger partial charge in [0.05, 0.1) is 5.56 Å². The zero-order chi connectivity index (χ0) is 13.5. The van der Waals surface area contributed by atoms with Crippen molar-refractivity contribution < 1.29 is 9.53 Å². The second-order valence-electron chi connectivity index (χ2n) is 4.03. The molecule has 0 fully saturated rings. The van der Waals surface area contributed by atoms with Crippen LogP contribution in [0, 0.1) is 6.92 Å². The van der Waals surface area contributed by atoms with Crippen LogP contribution in [0.4, 0.5) is 0 Å². The minimum atomic E-state index is 0.0164. The number of hydrogen-bond acceptors (Lipinski definition) is 2. The molecule has 0 aliphatic carbocycles. The van der Waals surface area contributed by atoms with E-state index in [1.165, 1.54) is 0 Å². The lowest BCUT2D eigenvalue weighted by Gasteiger charge is -2.21. The lowest BCUT2D eigenvalue weighted by molar-refractivity contribution is 0.0769. The van der Waals surface area contributed by atoms with Crippen molar-refractivity contribution in [3.63, 3.8) is 0 Å². The van der Waals surface area contributed by atoms with Crippen LogP contribution in [0.2, 0.25) is 0 Å². The van der Waals surface area contributed by atoms with Gasteiger partial charge < -0.3 is 9.64 Å². The van der Waals surface area contributed by atoms with Crippen molar-refractivity contribution >= 4 is 5.91 Å². The summed E-state index contributed by atoms with van der Waals surface area (Å²) >= 11 is 0. The van der Waals surface area contributed by atoms with E-state index in [-0.39, 0.29) is 5.91 Å². The third-order valence-corrected chi connectivity index (χ3v) is 2.84. The Balaban J connectivity index is 3.10. The highest BCUT2D eigenvalue weighted by molar-refractivity contribution is 5.97. The highest BCUT2D eigenvalue weighted by Crippen LogP contribution is 2.24. The van der Waals surface area contributed by atoms with E-state index in [0.717, 1.165) is 5.56 Å².